The molecular formula is C25H27ClN2O6S2. The second-order valence-corrected chi connectivity index (χ2v) is 12.0. The lowest BCUT2D eigenvalue weighted by Gasteiger charge is -2.22. The summed E-state index contributed by atoms with van der Waals surface area (Å²) >= 11 is 7.27. The Morgan fingerprint density at radius 2 is 1.69 bits per heavy atom. The number of hydrogen-bond acceptors (Lipinski definition) is 8. The number of amides is 1. The van der Waals surface area contributed by atoms with E-state index in [2.05, 4.69) is 4.98 Å². The molecule has 0 aliphatic carbocycles. The summed E-state index contributed by atoms with van der Waals surface area (Å²) in [7, 11) is -0.521. The molecule has 0 atom stereocenters. The molecular weight excluding hydrogens is 524 g/mol. The number of methoxy groups -OCH3 is 2. The van der Waals surface area contributed by atoms with Crippen LogP contribution in [-0.2, 0) is 22.8 Å². The predicted molar refractivity (Wildman–Crippen MR) is 140 cm³/mol. The highest BCUT2D eigenvalue weighted by Crippen LogP contribution is 2.28. The Balaban J connectivity index is 1.86. The van der Waals surface area contributed by atoms with Crippen molar-refractivity contribution in [1.82, 2.24) is 9.88 Å². The average molecular weight is 551 g/mol. The SMILES string of the molecule is COc1cc(OC)cc(C(=O)N(CCCc2ccccc2)Cc2nc(C(=O)CS(C)(=O)=O)c(Cl)s2)c1. The third kappa shape index (κ3) is 7.78. The van der Waals surface area contributed by atoms with Crippen molar-refractivity contribution in [3.63, 3.8) is 0 Å². The summed E-state index contributed by atoms with van der Waals surface area (Å²) in [6.45, 7) is 0.515. The monoisotopic (exact) mass is 550 g/mol. The van der Waals surface area contributed by atoms with E-state index in [1.165, 1.54) is 14.2 Å². The van der Waals surface area contributed by atoms with E-state index in [0.29, 0.717) is 35.0 Å². The predicted octanol–water partition coefficient (Wildman–Crippen LogP) is 4.32. The summed E-state index contributed by atoms with van der Waals surface area (Å²) < 4.78 is 33.8. The van der Waals surface area contributed by atoms with Gasteiger partial charge in [-0.15, -0.1) is 11.3 Å². The zero-order valence-corrected chi connectivity index (χ0v) is 22.6. The quantitative estimate of drug-likeness (QED) is 0.309. The number of carbonyl (C=O) groups is 2. The maximum atomic E-state index is 13.6. The van der Waals surface area contributed by atoms with Gasteiger partial charge < -0.3 is 14.4 Å². The fourth-order valence-corrected chi connectivity index (χ4v) is 5.39. The van der Waals surface area contributed by atoms with Crippen molar-refractivity contribution in [2.75, 3.05) is 32.8 Å². The Morgan fingerprint density at radius 3 is 2.28 bits per heavy atom. The number of Topliss-reactive ketones (excluding diaryl/α,β-unsaturated/α-hetero) is 1. The molecule has 0 bridgehead atoms. The standard InChI is InChI=1S/C25H27ClN2O6S2/c1-33-19-12-18(13-20(14-19)34-2)25(30)28(11-7-10-17-8-5-4-6-9-17)15-22-27-23(24(26)35-22)21(29)16-36(3,31)32/h4-6,8-9,12-14H,7,10-11,15-16H2,1-3H3. The van der Waals surface area contributed by atoms with Crippen LogP contribution in [0.3, 0.4) is 0 Å². The number of thiazole rings is 1. The first-order valence-electron chi connectivity index (χ1n) is 11.0. The number of ether oxygens (including phenoxy) is 2. The molecule has 0 N–H and O–H groups in total. The van der Waals surface area contributed by atoms with Crippen LogP contribution in [0.2, 0.25) is 4.34 Å². The first kappa shape index (κ1) is 27.6. The van der Waals surface area contributed by atoms with Crippen molar-refractivity contribution in [3.05, 3.63) is 74.7 Å². The van der Waals surface area contributed by atoms with Gasteiger partial charge in [0.05, 0.1) is 20.8 Å². The minimum absolute atomic E-state index is 0.0955. The van der Waals surface area contributed by atoms with Gasteiger partial charge in [-0.05, 0) is 30.5 Å². The van der Waals surface area contributed by atoms with Crippen molar-refractivity contribution >= 4 is 44.5 Å². The Kier molecular flexibility index (Phi) is 9.47. The molecule has 0 spiro atoms. The van der Waals surface area contributed by atoms with Crippen molar-refractivity contribution in [2.45, 2.75) is 19.4 Å². The summed E-state index contributed by atoms with van der Waals surface area (Å²) in [5, 5.41) is 0.430. The number of aromatic nitrogens is 1. The first-order chi connectivity index (χ1) is 17.1. The number of nitrogens with zero attached hydrogens (tertiary/aromatic N) is 2. The second-order valence-electron chi connectivity index (χ2n) is 8.14. The molecule has 36 heavy (non-hydrogen) atoms. The highest BCUT2D eigenvalue weighted by Gasteiger charge is 2.24. The van der Waals surface area contributed by atoms with E-state index < -0.39 is 21.4 Å². The fourth-order valence-electron chi connectivity index (χ4n) is 3.54. The Hall–Kier alpha value is -2.95. The second kappa shape index (κ2) is 12.3. The van der Waals surface area contributed by atoms with Gasteiger partial charge in [0.1, 0.15) is 32.3 Å². The molecule has 0 saturated carbocycles. The van der Waals surface area contributed by atoms with Gasteiger partial charge in [-0.1, -0.05) is 41.9 Å². The van der Waals surface area contributed by atoms with Gasteiger partial charge in [0.15, 0.2) is 15.6 Å². The highest BCUT2D eigenvalue weighted by molar-refractivity contribution is 7.91. The topological polar surface area (TPSA) is 103 Å². The van der Waals surface area contributed by atoms with Crippen molar-refractivity contribution in [1.29, 1.82) is 0 Å². The van der Waals surface area contributed by atoms with E-state index in [1.54, 1.807) is 23.1 Å². The number of halogens is 1. The average Bonchev–Trinajstić information content (AvgIpc) is 3.22. The fraction of sp³-hybridized carbons (Fsp3) is 0.320. The van der Waals surface area contributed by atoms with Crippen LogP contribution in [0.5, 0.6) is 11.5 Å². The number of rotatable bonds is 12. The van der Waals surface area contributed by atoms with Crippen molar-refractivity contribution in [2.24, 2.45) is 0 Å². The van der Waals surface area contributed by atoms with Crippen LogP contribution in [0.1, 0.15) is 37.8 Å². The number of carbonyl (C=O) groups excluding carboxylic acids is 2. The maximum Gasteiger partial charge on any atom is 0.254 e. The van der Waals surface area contributed by atoms with E-state index in [4.69, 9.17) is 21.1 Å². The molecule has 0 aliphatic rings. The van der Waals surface area contributed by atoms with Crippen LogP contribution in [0.15, 0.2) is 48.5 Å². The van der Waals surface area contributed by atoms with E-state index >= 15 is 0 Å². The summed E-state index contributed by atoms with van der Waals surface area (Å²) in [5.41, 5.74) is 1.43. The smallest absolute Gasteiger partial charge is 0.254 e. The molecule has 11 heteroatoms. The molecule has 0 fully saturated rings. The molecule has 1 amide bonds. The lowest BCUT2D eigenvalue weighted by atomic mass is 10.1. The molecule has 8 nitrogen and oxygen atoms in total. The van der Waals surface area contributed by atoms with Gasteiger partial charge in [0.25, 0.3) is 5.91 Å². The van der Waals surface area contributed by atoms with Gasteiger partial charge in [-0.3, -0.25) is 9.59 Å². The third-order valence-electron chi connectivity index (χ3n) is 5.24. The van der Waals surface area contributed by atoms with Crippen LogP contribution in [-0.4, -0.2) is 62.8 Å². The minimum Gasteiger partial charge on any atom is -0.497 e. The minimum atomic E-state index is -3.53. The van der Waals surface area contributed by atoms with Gasteiger partial charge in [-0.25, -0.2) is 13.4 Å². The van der Waals surface area contributed by atoms with E-state index in [0.717, 1.165) is 29.6 Å². The molecule has 192 valence electrons. The molecule has 1 aromatic heterocycles. The molecule has 0 saturated heterocycles. The lowest BCUT2D eigenvalue weighted by molar-refractivity contribution is 0.0740. The van der Waals surface area contributed by atoms with Crippen LogP contribution in [0.25, 0.3) is 0 Å². The number of aryl methyl sites for hydroxylation is 1. The maximum absolute atomic E-state index is 13.6. The normalized spacial score (nSPS) is 11.2. The van der Waals surface area contributed by atoms with Crippen molar-refractivity contribution in [3.8, 4) is 11.5 Å². The Morgan fingerprint density at radius 1 is 1.06 bits per heavy atom. The van der Waals surface area contributed by atoms with Gasteiger partial charge in [-0.2, -0.15) is 0 Å². The Labute approximate surface area is 219 Å². The zero-order chi connectivity index (χ0) is 26.3. The molecule has 1 heterocycles. The first-order valence-corrected chi connectivity index (χ1v) is 14.3. The van der Waals surface area contributed by atoms with E-state index in [-0.39, 0.29) is 22.5 Å². The van der Waals surface area contributed by atoms with Crippen LogP contribution >= 0.6 is 22.9 Å². The molecule has 0 radical (unpaired) electrons. The molecule has 3 rings (SSSR count). The number of ketones is 1. The van der Waals surface area contributed by atoms with Crippen LogP contribution in [0, 0.1) is 0 Å². The van der Waals surface area contributed by atoms with Crippen LogP contribution < -0.4 is 9.47 Å². The summed E-state index contributed by atoms with van der Waals surface area (Å²) in [6, 6.07) is 14.9. The zero-order valence-electron chi connectivity index (χ0n) is 20.2. The van der Waals surface area contributed by atoms with Gasteiger partial charge >= 0.3 is 0 Å². The van der Waals surface area contributed by atoms with Gasteiger partial charge in [0, 0.05) is 24.4 Å². The summed E-state index contributed by atoms with van der Waals surface area (Å²) in [5.74, 6) is -0.667. The van der Waals surface area contributed by atoms with Crippen LogP contribution in [0.4, 0.5) is 0 Å². The number of sulfone groups is 1. The van der Waals surface area contributed by atoms with Gasteiger partial charge in [0.2, 0.25) is 0 Å². The van der Waals surface area contributed by atoms with E-state index in [9.17, 15) is 18.0 Å². The Bertz CT molecular complexity index is 1300. The largest absolute Gasteiger partial charge is 0.497 e. The number of hydrogen-bond donors (Lipinski definition) is 0. The highest BCUT2D eigenvalue weighted by atomic mass is 35.5. The molecule has 0 aliphatic heterocycles. The molecule has 0 unspecified atom stereocenters. The lowest BCUT2D eigenvalue weighted by Crippen LogP contribution is -2.32. The van der Waals surface area contributed by atoms with Crippen molar-refractivity contribution < 1.29 is 27.5 Å². The summed E-state index contributed by atoms with van der Waals surface area (Å²) in [4.78, 5) is 31.8. The molecule has 3 aromatic rings. The summed E-state index contributed by atoms with van der Waals surface area (Å²) in [6.07, 6.45) is 2.43. The molecule has 2 aromatic carbocycles. The van der Waals surface area contributed by atoms with E-state index in [1.807, 2.05) is 30.3 Å². The third-order valence-corrected chi connectivity index (χ3v) is 7.26. The number of benzene rings is 2.